The monoisotopic (exact) mass is 415 g/mol. The Morgan fingerprint density at radius 3 is 1.80 bits per heavy atom. The number of esters is 1. The zero-order valence-electron chi connectivity index (χ0n) is 13.5. The Balaban J connectivity index is 0. The molecule has 0 spiro atoms. The van der Waals surface area contributed by atoms with E-state index in [0.29, 0.717) is 6.61 Å². The van der Waals surface area contributed by atoms with E-state index in [1.54, 1.807) is 13.8 Å². The molecule has 0 heterocycles. The van der Waals surface area contributed by atoms with Gasteiger partial charge in [0, 0.05) is 6.54 Å². The number of carbonyl (C=O) groups is 2. The van der Waals surface area contributed by atoms with Crippen molar-refractivity contribution in [2.45, 2.75) is 45.4 Å². The molecule has 0 aromatic carbocycles. The molecule has 0 unspecified atom stereocenters. The van der Waals surface area contributed by atoms with Gasteiger partial charge in [-0.1, -0.05) is 22.9 Å². The van der Waals surface area contributed by atoms with E-state index >= 15 is 0 Å². The summed E-state index contributed by atoms with van der Waals surface area (Å²) >= 11 is 5.96. The summed E-state index contributed by atoms with van der Waals surface area (Å²) < 4.78 is 4.69. The Labute approximate surface area is 139 Å². The molecule has 0 bridgehead atoms. The molecule has 120 valence electrons. The Morgan fingerprint density at radius 1 is 1.15 bits per heavy atom. The normalized spacial score (nSPS) is 11.7. The fourth-order valence-electron chi connectivity index (χ4n) is 0.661. The van der Waals surface area contributed by atoms with E-state index in [2.05, 4.69) is 31.9 Å². The van der Waals surface area contributed by atoms with E-state index in [9.17, 15) is 9.59 Å². The first-order chi connectivity index (χ1) is 8.84. The van der Waals surface area contributed by atoms with Crippen LogP contribution in [0.1, 0.15) is 41.0 Å². The fourth-order valence-corrected chi connectivity index (χ4v) is 0.661. The Bertz CT molecular complexity index is 310. The Kier molecular flexibility index (Phi) is 11.1. The lowest BCUT2D eigenvalue weighted by Crippen LogP contribution is -2.28. The molecule has 0 aromatic heterocycles. The molecular formula is C14H27Br2NO3. The first-order valence-electron chi connectivity index (χ1n) is 6.55. The van der Waals surface area contributed by atoms with Gasteiger partial charge in [-0.3, -0.25) is 9.59 Å². The van der Waals surface area contributed by atoms with Crippen LogP contribution in [0.2, 0.25) is 0 Å². The molecule has 0 radical (unpaired) electrons. The molecule has 0 aromatic rings. The summed E-state index contributed by atoms with van der Waals surface area (Å²) in [7, 11) is 3.91. The zero-order chi connectivity index (χ0) is 16.6. The van der Waals surface area contributed by atoms with Crippen LogP contribution >= 0.6 is 31.9 Å². The summed E-state index contributed by atoms with van der Waals surface area (Å²) in [6, 6.07) is 0. The minimum Gasteiger partial charge on any atom is -0.464 e. The van der Waals surface area contributed by atoms with Gasteiger partial charge in [0.15, 0.2) is 0 Å². The van der Waals surface area contributed by atoms with Gasteiger partial charge < -0.3 is 9.64 Å². The van der Waals surface area contributed by atoms with Gasteiger partial charge in [-0.25, -0.2) is 0 Å². The van der Waals surface area contributed by atoms with E-state index in [0.717, 1.165) is 13.0 Å². The van der Waals surface area contributed by atoms with Crippen molar-refractivity contribution in [3.8, 4) is 0 Å². The largest absolute Gasteiger partial charge is 0.464 e. The molecule has 4 nitrogen and oxygen atoms in total. The zero-order valence-corrected chi connectivity index (χ0v) is 16.7. The van der Waals surface area contributed by atoms with Gasteiger partial charge in [0.25, 0.3) is 0 Å². The van der Waals surface area contributed by atoms with E-state index in [4.69, 9.17) is 4.74 Å². The highest BCUT2D eigenvalue weighted by atomic mass is 79.9. The van der Waals surface area contributed by atoms with Crippen LogP contribution in [0, 0.1) is 5.41 Å². The maximum absolute atomic E-state index is 11.4. The van der Waals surface area contributed by atoms with Crippen molar-refractivity contribution in [2.24, 2.45) is 5.41 Å². The summed E-state index contributed by atoms with van der Waals surface area (Å²) in [5, 5.41) is 0. The SMILES string of the molecule is CC(C)(Br)C(=O)Br.CCC(C)(C)C(=O)OCCN(C)C. The van der Waals surface area contributed by atoms with Gasteiger partial charge >= 0.3 is 5.97 Å². The molecule has 0 atom stereocenters. The summed E-state index contributed by atoms with van der Waals surface area (Å²) in [6.07, 6.45) is 0.813. The van der Waals surface area contributed by atoms with Gasteiger partial charge in [0.2, 0.25) is 4.69 Å². The molecule has 0 fully saturated rings. The highest BCUT2D eigenvalue weighted by Crippen LogP contribution is 2.21. The predicted molar refractivity (Wildman–Crippen MR) is 90.5 cm³/mol. The van der Waals surface area contributed by atoms with Gasteiger partial charge in [-0.05, 0) is 64.1 Å². The third-order valence-corrected chi connectivity index (χ3v) is 4.56. The van der Waals surface area contributed by atoms with Crippen LogP contribution in [0.3, 0.4) is 0 Å². The van der Waals surface area contributed by atoms with Crippen molar-refractivity contribution in [2.75, 3.05) is 27.2 Å². The van der Waals surface area contributed by atoms with E-state index in [-0.39, 0.29) is 16.1 Å². The minimum atomic E-state index is -0.410. The second kappa shape index (κ2) is 9.90. The van der Waals surface area contributed by atoms with Crippen molar-refractivity contribution < 1.29 is 14.3 Å². The highest BCUT2D eigenvalue weighted by molar-refractivity contribution is 9.20. The summed E-state index contributed by atoms with van der Waals surface area (Å²) in [5.41, 5.74) is -0.341. The first-order valence-corrected chi connectivity index (χ1v) is 8.14. The van der Waals surface area contributed by atoms with Crippen LogP contribution in [0.4, 0.5) is 0 Å². The maximum Gasteiger partial charge on any atom is 0.311 e. The molecule has 0 aliphatic carbocycles. The topological polar surface area (TPSA) is 46.6 Å². The molecule has 0 aliphatic heterocycles. The van der Waals surface area contributed by atoms with Crippen LogP contribution in [0.5, 0.6) is 0 Å². The van der Waals surface area contributed by atoms with Crippen LogP contribution in [-0.2, 0) is 14.3 Å². The van der Waals surface area contributed by atoms with Gasteiger partial charge in [0.1, 0.15) is 6.61 Å². The molecule has 0 saturated heterocycles. The third-order valence-electron chi connectivity index (χ3n) is 2.68. The molecule has 0 rings (SSSR count). The molecule has 6 heteroatoms. The second-order valence-corrected chi connectivity index (χ2v) is 8.63. The van der Waals surface area contributed by atoms with E-state index in [1.807, 2.05) is 39.8 Å². The third kappa shape index (κ3) is 11.9. The summed E-state index contributed by atoms with van der Waals surface area (Å²) in [4.78, 5) is 23.8. The number of hydrogen-bond donors (Lipinski definition) is 0. The van der Waals surface area contributed by atoms with Crippen LogP contribution in [0.15, 0.2) is 0 Å². The van der Waals surface area contributed by atoms with Crippen molar-refractivity contribution in [3.63, 3.8) is 0 Å². The Hall–Kier alpha value is 0.0600. The quantitative estimate of drug-likeness (QED) is 0.377. The van der Waals surface area contributed by atoms with Crippen molar-refractivity contribution in [1.29, 1.82) is 0 Å². The minimum absolute atomic E-state index is 0.0278. The van der Waals surface area contributed by atoms with Crippen LogP contribution in [0.25, 0.3) is 0 Å². The number of nitrogens with zero attached hydrogens (tertiary/aromatic N) is 1. The predicted octanol–water partition coefficient (Wildman–Crippen LogP) is 3.61. The van der Waals surface area contributed by atoms with E-state index in [1.165, 1.54) is 0 Å². The van der Waals surface area contributed by atoms with Crippen LogP contribution < -0.4 is 0 Å². The lowest BCUT2D eigenvalue weighted by molar-refractivity contribution is -0.154. The summed E-state index contributed by atoms with van der Waals surface area (Å²) in [5.74, 6) is -0.100. The van der Waals surface area contributed by atoms with Crippen molar-refractivity contribution in [1.82, 2.24) is 4.90 Å². The second-order valence-electron chi connectivity index (χ2n) is 5.92. The number of rotatable bonds is 6. The number of hydrogen-bond acceptors (Lipinski definition) is 4. The summed E-state index contributed by atoms with van der Waals surface area (Å²) in [6.45, 7) is 10.6. The van der Waals surface area contributed by atoms with Gasteiger partial charge in [0.05, 0.1) is 9.74 Å². The molecule has 0 amide bonds. The maximum atomic E-state index is 11.4. The highest BCUT2D eigenvalue weighted by Gasteiger charge is 2.26. The lowest BCUT2D eigenvalue weighted by atomic mass is 9.91. The average Bonchev–Trinajstić information content (AvgIpc) is 2.27. The number of halogens is 2. The standard InChI is InChI=1S/C10H21NO2.C4H6Br2O/c1-6-10(2,3)9(12)13-8-7-11(4)5;1-4(2,6)3(5)7/h6-8H2,1-5H3;1-2H3. The molecular weight excluding hydrogens is 390 g/mol. The number of alkyl halides is 1. The van der Waals surface area contributed by atoms with E-state index < -0.39 is 4.32 Å². The van der Waals surface area contributed by atoms with Gasteiger partial charge in [-0.15, -0.1) is 0 Å². The van der Waals surface area contributed by atoms with Crippen molar-refractivity contribution in [3.05, 3.63) is 0 Å². The number of carbonyl (C=O) groups excluding carboxylic acids is 2. The molecule has 0 aliphatic rings. The lowest BCUT2D eigenvalue weighted by Gasteiger charge is -2.20. The number of likely N-dealkylation sites (N-methyl/N-ethyl adjacent to an activating group) is 1. The number of ether oxygens (including phenoxy) is 1. The average molecular weight is 417 g/mol. The molecule has 20 heavy (non-hydrogen) atoms. The molecule has 0 saturated carbocycles. The molecule has 0 N–H and O–H groups in total. The van der Waals surface area contributed by atoms with Gasteiger partial charge in [-0.2, -0.15) is 0 Å². The van der Waals surface area contributed by atoms with Crippen molar-refractivity contribution >= 4 is 42.5 Å². The van der Waals surface area contributed by atoms with Crippen LogP contribution in [-0.4, -0.2) is 47.1 Å². The first kappa shape index (κ1) is 22.3. The smallest absolute Gasteiger partial charge is 0.311 e. The Morgan fingerprint density at radius 2 is 1.55 bits per heavy atom. The fraction of sp³-hybridized carbons (Fsp3) is 0.857.